The highest BCUT2D eigenvalue weighted by Crippen LogP contribution is 2.56. The van der Waals surface area contributed by atoms with Crippen LogP contribution in [-0.2, 0) is 10.2 Å². The Morgan fingerprint density at radius 3 is 2.44 bits per heavy atom. The fraction of sp³-hybridized carbons (Fsp3) is 0.391. The van der Waals surface area contributed by atoms with Crippen LogP contribution >= 0.6 is 0 Å². The number of ether oxygens (including phenoxy) is 1. The van der Waals surface area contributed by atoms with Crippen LogP contribution in [0.15, 0.2) is 71.9 Å². The van der Waals surface area contributed by atoms with Gasteiger partial charge < -0.3 is 14.6 Å². The summed E-state index contributed by atoms with van der Waals surface area (Å²) in [6.07, 6.45) is 10.4. The molecule has 0 radical (unpaired) electrons. The highest BCUT2D eigenvalue weighted by atomic mass is 19.1. The molecule has 4 aromatic heterocycles. The lowest BCUT2D eigenvalue weighted by atomic mass is 9.83. The number of aromatic nitrogens is 7. The van der Waals surface area contributed by atoms with E-state index < -0.39 is 23.0 Å². The second kappa shape index (κ2) is 12.6. The first-order valence-electron chi connectivity index (χ1n) is 20.7. The third kappa shape index (κ3) is 5.67. The van der Waals surface area contributed by atoms with Crippen LogP contribution < -0.4 is 5.69 Å². The number of nitrogens with zero attached hydrogens (tertiary/aromatic N) is 7. The zero-order valence-electron chi connectivity index (χ0n) is 33.9. The number of rotatable bonds is 6. The van der Waals surface area contributed by atoms with Crippen molar-refractivity contribution in [2.45, 2.75) is 102 Å². The quantitative estimate of drug-likeness (QED) is 0.181. The third-order valence-electron chi connectivity index (χ3n) is 13.4. The molecule has 59 heavy (non-hydrogen) atoms. The maximum atomic E-state index is 16.0. The van der Waals surface area contributed by atoms with Crippen LogP contribution in [0.3, 0.4) is 0 Å². The summed E-state index contributed by atoms with van der Waals surface area (Å²) in [6.45, 7) is 10.9. The largest absolute Gasteiger partial charge is 0.376 e. The molecule has 302 valence electrons. The molecule has 2 aliphatic carbocycles. The van der Waals surface area contributed by atoms with Gasteiger partial charge in [0.15, 0.2) is 0 Å². The minimum atomic E-state index is -0.538. The van der Waals surface area contributed by atoms with Crippen LogP contribution in [0, 0.1) is 25.5 Å². The summed E-state index contributed by atoms with van der Waals surface area (Å²) in [6, 6.07) is 14.7. The molecule has 7 aromatic rings. The van der Waals surface area contributed by atoms with E-state index in [-0.39, 0.29) is 29.1 Å². The highest BCUT2D eigenvalue weighted by molar-refractivity contribution is 5.98. The number of carbonyl (C=O) groups excluding carboxylic acids is 1. The summed E-state index contributed by atoms with van der Waals surface area (Å²) in [7, 11) is 0. The van der Waals surface area contributed by atoms with Crippen molar-refractivity contribution in [1.82, 2.24) is 38.6 Å². The number of imidazole rings is 1. The zero-order valence-corrected chi connectivity index (χ0v) is 33.9. The van der Waals surface area contributed by atoms with Crippen molar-refractivity contribution in [3.63, 3.8) is 0 Å². The Morgan fingerprint density at radius 1 is 0.949 bits per heavy atom. The molecule has 6 heterocycles. The van der Waals surface area contributed by atoms with Crippen LogP contribution in [0.2, 0.25) is 0 Å². The average Bonchev–Trinajstić information content (AvgIpc) is 4.00. The van der Waals surface area contributed by atoms with E-state index in [0.717, 1.165) is 72.7 Å². The maximum Gasteiger partial charge on any atom is 0.338 e. The Bertz CT molecular complexity index is 2930. The summed E-state index contributed by atoms with van der Waals surface area (Å²) >= 11 is 0. The molecule has 11 rings (SSSR count). The third-order valence-corrected chi connectivity index (χ3v) is 13.4. The lowest BCUT2D eigenvalue weighted by Gasteiger charge is -2.37. The summed E-state index contributed by atoms with van der Waals surface area (Å²) in [5.41, 5.74) is 5.38. The summed E-state index contributed by atoms with van der Waals surface area (Å²) in [4.78, 5) is 34.8. The first kappa shape index (κ1) is 36.3. The number of H-pyrrole nitrogens is 1. The van der Waals surface area contributed by atoms with E-state index >= 15 is 8.78 Å². The molecule has 1 saturated heterocycles. The average molecular weight is 797 g/mol. The van der Waals surface area contributed by atoms with Gasteiger partial charge in [0, 0.05) is 58.9 Å². The van der Waals surface area contributed by atoms with E-state index in [2.05, 4.69) is 42.1 Å². The van der Waals surface area contributed by atoms with Crippen molar-refractivity contribution in [2.75, 3.05) is 13.2 Å². The van der Waals surface area contributed by atoms with Gasteiger partial charge in [-0.3, -0.25) is 18.6 Å². The highest BCUT2D eigenvalue weighted by Gasteiger charge is 2.56. The van der Waals surface area contributed by atoms with Gasteiger partial charge in [-0.05, 0) is 132 Å². The number of fused-ring (bicyclic) bond motifs is 4. The predicted molar refractivity (Wildman–Crippen MR) is 220 cm³/mol. The van der Waals surface area contributed by atoms with Gasteiger partial charge in [-0.25, -0.2) is 18.3 Å². The van der Waals surface area contributed by atoms with Crippen LogP contribution in [0.25, 0.3) is 39.0 Å². The van der Waals surface area contributed by atoms with E-state index in [9.17, 15) is 9.59 Å². The van der Waals surface area contributed by atoms with Gasteiger partial charge in [0.1, 0.15) is 23.1 Å². The first-order valence-corrected chi connectivity index (χ1v) is 20.7. The SMILES string of the molecule is Cc1cc(-n2nc3c(c2-n2ccn(-c4cc5cnn(C6CC6)c5cc4F)c2=O)[C@H](C)N(C(=O)c2cc4cc([C@H]5CCOC(C)(C)C5)ccc4[nH]2)CC32CC2)cc(C)c1F. The van der Waals surface area contributed by atoms with Crippen LogP contribution in [0.5, 0.6) is 0 Å². The van der Waals surface area contributed by atoms with E-state index in [1.54, 1.807) is 55.3 Å². The molecule has 1 spiro atoms. The van der Waals surface area contributed by atoms with Crippen molar-refractivity contribution in [2.24, 2.45) is 0 Å². The fourth-order valence-electron chi connectivity index (χ4n) is 9.91. The van der Waals surface area contributed by atoms with E-state index in [1.807, 2.05) is 22.6 Å². The van der Waals surface area contributed by atoms with Crippen molar-refractivity contribution in [3.05, 3.63) is 123 Å². The van der Waals surface area contributed by atoms with E-state index in [0.29, 0.717) is 46.3 Å². The summed E-state index contributed by atoms with van der Waals surface area (Å²) < 4.78 is 43.4. The number of aromatic amines is 1. The minimum Gasteiger partial charge on any atom is -0.376 e. The topological polar surface area (TPSA) is 108 Å². The molecule has 3 aromatic carbocycles. The molecular weight excluding hydrogens is 751 g/mol. The normalized spacial score (nSPS) is 20.8. The maximum absolute atomic E-state index is 16.0. The molecule has 1 amide bonds. The molecular formula is C46H46F2N8O3. The van der Waals surface area contributed by atoms with Gasteiger partial charge in [0.05, 0.1) is 46.5 Å². The lowest BCUT2D eigenvalue weighted by Crippen LogP contribution is -2.44. The fourth-order valence-corrected chi connectivity index (χ4v) is 9.91. The molecule has 2 saturated carbocycles. The monoisotopic (exact) mass is 796 g/mol. The standard InChI is InChI=1S/C46H46F2N8O3/c1-25-16-33(17-26(2)40(25)48)56-42(53-14-13-52(44(53)58)38-20-31-23-49-55(32-7-8-32)37(31)21-34(38)47)39-27(3)54(24-46(11-12-46)41(39)51-56)43(57)36-19-30-18-28(6-9-35(30)50-36)29-10-15-59-45(4,5)22-29/h6,9,13-14,16-21,23,27,29,32,50H,7-8,10-12,15,22,24H2,1-5H3/t27-,29-/m0/s1. The number of aryl methyl sites for hydroxylation is 2. The summed E-state index contributed by atoms with van der Waals surface area (Å²) in [5.74, 6) is -0.172. The molecule has 13 heteroatoms. The number of benzene rings is 3. The molecule has 2 aliphatic heterocycles. The number of nitrogens with one attached hydrogen (secondary N) is 1. The van der Waals surface area contributed by atoms with E-state index in [4.69, 9.17) is 9.84 Å². The number of hydrogen-bond donors (Lipinski definition) is 1. The molecule has 4 aliphatic rings. The molecule has 3 fully saturated rings. The van der Waals surface area contributed by atoms with Gasteiger partial charge in [-0.15, -0.1) is 0 Å². The second-order valence-electron chi connectivity index (χ2n) is 18.1. The Balaban J connectivity index is 1.02. The number of amides is 1. The molecule has 1 N–H and O–H groups in total. The molecule has 11 nitrogen and oxygen atoms in total. The Labute approximate surface area is 339 Å². The van der Waals surface area contributed by atoms with Crippen molar-refractivity contribution >= 4 is 27.7 Å². The van der Waals surface area contributed by atoms with Gasteiger partial charge in [-0.1, -0.05) is 6.07 Å². The van der Waals surface area contributed by atoms with Gasteiger partial charge in [0.2, 0.25) is 0 Å². The Morgan fingerprint density at radius 2 is 1.71 bits per heavy atom. The number of halogens is 2. The van der Waals surface area contributed by atoms with Gasteiger partial charge in [-0.2, -0.15) is 10.2 Å². The Hall–Kier alpha value is -5.82. The van der Waals surface area contributed by atoms with Crippen molar-refractivity contribution < 1.29 is 18.3 Å². The molecule has 2 atom stereocenters. The Kier molecular flexibility index (Phi) is 7.74. The minimum absolute atomic E-state index is 0.107. The van der Waals surface area contributed by atoms with Crippen molar-refractivity contribution in [3.8, 4) is 17.2 Å². The molecule has 0 bridgehead atoms. The lowest BCUT2D eigenvalue weighted by molar-refractivity contribution is -0.0592. The molecule has 0 unspecified atom stereocenters. The smallest absolute Gasteiger partial charge is 0.338 e. The zero-order chi connectivity index (χ0) is 40.7. The van der Waals surface area contributed by atoms with E-state index in [1.165, 1.54) is 20.8 Å². The van der Waals surface area contributed by atoms with Gasteiger partial charge >= 0.3 is 5.69 Å². The first-order chi connectivity index (χ1) is 28.3. The van der Waals surface area contributed by atoms with Crippen LogP contribution in [-0.4, -0.2) is 63.2 Å². The number of hydrogen-bond acceptors (Lipinski definition) is 5. The summed E-state index contributed by atoms with van der Waals surface area (Å²) in [5, 5.41) is 11.5. The van der Waals surface area contributed by atoms with Crippen LogP contribution in [0.4, 0.5) is 8.78 Å². The van der Waals surface area contributed by atoms with Crippen LogP contribution in [0.1, 0.15) is 116 Å². The number of carbonyl (C=O) groups is 1. The predicted octanol–water partition coefficient (Wildman–Crippen LogP) is 8.80. The second-order valence-corrected chi connectivity index (χ2v) is 18.1. The van der Waals surface area contributed by atoms with Crippen molar-refractivity contribution in [1.29, 1.82) is 0 Å². The van der Waals surface area contributed by atoms with Gasteiger partial charge in [0.25, 0.3) is 5.91 Å².